The van der Waals surface area contributed by atoms with Crippen molar-refractivity contribution in [2.75, 3.05) is 0 Å². The number of hydrogen-bond acceptors (Lipinski definition) is 3. The summed E-state index contributed by atoms with van der Waals surface area (Å²) in [5, 5.41) is 2.60. The number of amides is 1. The Labute approximate surface area is 97.7 Å². The van der Waals surface area contributed by atoms with Crippen molar-refractivity contribution in [2.45, 2.75) is 60.1 Å². The first kappa shape index (κ1) is 14.9. The van der Waals surface area contributed by atoms with Gasteiger partial charge in [0, 0.05) is 0 Å². The van der Waals surface area contributed by atoms with E-state index in [2.05, 4.69) is 5.32 Å². The second-order valence-corrected chi connectivity index (χ2v) is 6.06. The third kappa shape index (κ3) is 5.73. The molecule has 4 heteroatoms. The van der Waals surface area contributed by atoms with Crippen LogP contribution in [0.2, 0.25) is 0 Å². The van der Waals surface area contributed by atoms with Crippen molar-refractivity contribution in [3.8, 4) is 0 Å². The van der Waals surface area contributed by atoms with Crippen LogP contribution in [-0.2, 0) is 9.53 Å². The minimum atomic E-state index is -0.553. The number of carbonyl (C=O) groups excluding carboxylic acids is 2. The molecule has 0 aliphatic rings. The van der Waals surface area contributed by atoms with Crippen molar-refractivity contribution in [3.63, 3.8) is 0 Å². The number of alkyl carbamates (subject to hydrolysis) is 1. The predicted octanol–water partition coefficient (Wildman–Crippen LogP) is 2.51. The number of nitrogens with one attached hydrogen (secondary N) is 1. The Morgan fingerprint density at radius 1 is 1.06 bits per heavy atom. The summed E-state index contributed by atoms with van der Waals surface area (Å²) in [5.74, 6) is -0.0710. The van der Waals surface area contributed by atoms with Crippen LogP contribution in [-0.4, -0.2) is 23.5 Å². The van der Waals surface area contributed by atoms with E-state index in [0.29, 0.717) is 0 Å². The van der Waals surface area contributed by atoms with Crippen molar-refractivity contribution in [1.29, 1.82) is 0 Å². The number of carbonyl (C=O) groups is 2. The predicted molar refractivity (Wildman–Crippen MR) is 63.3 cm³/mol. The van der Waals surface area contributed by atoms with E-state index in [1.807, 2.05) is 20.8 Å². The van der Waals surface area contributed by atoms with Crippen LogP contribution in [0.25, 0.3) is 0 Å². The molecule has 0 aromatic rings. The molecule has 0 heterocycles. The first-order chi connectivity index (χ1) is 6.93. The maximum Gasteiger partial charge on any atom is 0.408 e. The smallest absolute Gasteiger partial charge is 0.408 e. The molecule has 0 aromatic heterocycles. The molecule has 16 heavy (non-hydrogen) atoms. The zero-order valence-corrected chi connectivity index (χ0v) is 11.3. The quantitative estimate of drug-likeness (QED) is 0.791. The maximum absolute atomic E-state index is 11.5. The van der Waals surface area contributed by atoms with Gasteiger partial charge in [-0.15, -0.1) is 0 Å². The van der Waals surface area contributed by atoms with E-state index < -0.39 is 17.7 Å². The summed E-state index contributed by atoms with van der Waals surface area (Å²) >= 11 is 0. The fraction of sp³-hybridized carbons (Fsp3) is 0.833. The average molecular weight is 229 g/mol. The van der Waals surface area contributed by atoms with Crippen LogP contribution < -0.4 is 5.32 Å². The molecule has 1 N–H and O–H groups in total. The highest BCUT2D eigenvalue weighted by molar-refractivity contribution is 5.86. The standard InChI is InChI=1S/C12H23NO3/c1-8(14)9(11(2,3)4)13-10(15)16-12(5,6)7/h9H,1-7H3,(H,13,15)/t9-/m1/s1. The Hall–Kier alpha value is -1.06. The molecular formula is C12H23NO3. The van der Waals surface area contributed by atoms with E-state index in [0.717, 1.165) is 0 Å². The lowest BCUT2D eigenvalue weighted by Crippen LogP contribution is -2.49. The van der Waals surface area contributed by atoms with Crippen LogP contribution in [0.5, 0.6) is 0 Å². The van der Waals surface area contributed by atoms with Gasteiger partial charge in [0.2, 0.25) is 0 Å². The Balaban J connectivity index is 4.56. The fourth-order valence-corrected chi connectivity index (χ4v) is 1.35. The number of Topliss-reactive ketones (excluding diaryl/α,β-unsaturated/α-hetero) is 1. The molecular weight excluding hydrogens is 206 g/mol. The van der Waals surface area contributed by atoms with Gasteiger partial charge in [-0.1, -0.05) is 20.8 Å². The van der Waals surface area contributed by atoms with Crippen LogP contribution in [0.3, 0.4) is 0 Å². The molecule has 0 aromatic carbocycles. The second kappa shape index (κ2) is 4.85. The SMILES string of the molecule is CC(=O)[C@@H](NC(=O)OC(C)(C)C)C(C)(C)C. The van der Waals surface area contributed by atoms with E-state index >= 15 is 0 Å². The minimum Gasteiger partial charge on any atom is -0.444 e. The molecule has 0 spiro atoms. The number of hydrogen-bond donors (Lipinski definition) is 1. The highest BCUT2D eigenvalue weighted by atomic mass is 16.6. The van der Waals surface area contributed by atoms with Gasteiger partial charge in [-0.2, -0.15) is 0 Å². The molecule has 0 saturated heterocycles. The minimum absolute atomic E-state index is 0.0710. The van der Waals surface area contributed by atoms with Gasteiger partial charge in [0.05, 0.1) is 6.04 Å². The molecule has 0 rings (SSSR count). The molecule has 0 saturated carbocycles. The molecule has 0 fully saturated rings. The molecule has 0 aliphatic heterocycles. The van der Waals surface area contributed by atoms with Crippen LogP contribution in [0.15, 0.2) is 0 Å². The highest BCUT2D eigenvalue weighted by Gasteiger charge is 2.31. The lowest BCUT2D eigenvalue weighted by atomic mass is 9.85. The summed E-state index contributed by atoms with van der Waals surface area (Å²) < 4.78 is 5.11. The van der Waals surface area contributed by atoms with Crippen molar-refractivity contribution >= 4 is 11.9 Å². The zero-order valence-electron chi connectivity index (χ0n) is 11.3. The van der Waals surface area contributed by atoms with Crippen molar-refractivity contribution < 1.29 is 14.3 Å². The topological polar surface area (TPSA) is 55.4 Å². The average Bonchev–Trinajstić information content (AvgIpc) is 1.93. The number of ketones is 1. The Bertz CT molecular complexity index is 271. The van der Waals surface area contributed by atoms with Crippen molar-refractivity contribution in [3.05, 3.63) is 0 Å². The van der Waals surface area contributed by atoms with Crippen LogP contribution in [0.4, 0.5) is 4.79 Å². The molecule has 0 unspecified atom stereocenters. The summed E-state index contributed by atoms with van der Waals surface area (Å²) in [6.45, 7) is 12.5. The number of ether oxygens (including phenoxy) is 1. The Morgan fingerprint density at radius 3 is 1.75 bits per heavy atom. The largest absolute Gasteiger partial charge is 0.444 e. The highest BCUT2D eigenvalue weighted by Crippen LogP contribution is 2.20. The maximum atomic E-state index is 11.5. The van der Waals surface area contributed by atoms with E-state index in [9.17, 15) is 9.59 Å². The van der Waals surface area contributed by atoms with E-state index in [1.54, 1.807) is 20.8 Å². The molecule has 4 nitrogen and oxygen atoms in total. The van der Waals surface area contributed by atoms with Crippen molar-refractivity contribution in [1.82, 2.24) is 5.32 Å². The third-order valence-corrected chi connectivity index (χ3v) is 1.93. The summed E-state index contributed by atoms with van der Waals surface area (Å²) in [6, 6.07) is -0.526. The van der Waals surface area contributed by atoms with Crippen LogP contribution in [0, 0.1) is 5.41 Å². The summed E-state index contributed by atoms with van der Waals surface area (Å²) in [7, 11) is 0. The summed E-state index contributed by atoms with van der Waals surface area (Å²) in [4.78, 5) is 23.0. The van der Waals surface area contributed by atoms with Gasteiger partial charge in [0.15, 0.2) is 5.78 Å². The first-order valence-corrected chi connectivity index (χ1v) is 5.43. The Morgan fingerprint density at radius 2 is 1.50 bits per heavy atom. The van der Waals surface area contributed by atoms with Crippen molar-refractivity contribution in [2.24, 2.45) is 5.41 Å². The molecule has 0 radical (unpaired) electrons. The zero-order chi connectivity index (χ0) is 13.1. The van der Waals surface area contributed by atoms with Gasteiger partial charge in [-0.25, -0.2) is 4.79 Å². The molecule has 94 valence electrons. The summed E-state index contributed by atoms with van der Waals surface area (Å²) in [6.07, 6.45) is -0.553. The van der Waals surface area contributed by atoms with E-state index in [-0.39, 0.29) is 11.2 Å². The second-order valence-electron chi connectivity index (χ2n) is 6.06. The van der Waals surface area contributed by atoms with Gasteiger partial charge < -0.3 is 10.1 Å². The Kier molecular flexibility index (Phi) is 4.53. The van der Waals surface area contributed by atoms with E-state index in [1.165, 1.54) is 6.92 Å². The van der Waals surface area contributed by atoms with Crippen LogP contribution in [0.1, 0.15) is 48.5 Å². The van der Waals surface area contributed by atoms with Gasteiger partial charge in [0.1, 0.15) is 5.60 Å². The van der Waals surface area contributed by atoms with Gasteiger partial charge in [-0.05, 0) is 33.1 Å². The van der Waals surface area contributed by atoms with Crippen LogP contribution >= 0.6 is 0 Å². The number of rotatable bonds is 2. The molecule has 1 atom stereocenters. The lowest BCUT2D eigenvalue weighted by molar-refractivity contribution is -0.121. The van der Waals surface area contributed by atoms with E-state index in [4.69, 9.17) is 4.74 Å². The first-order valence-electron chi connectivity index (χ1n) is 5.43. The monoisotopic (exact) mass is 229 g/mol. The third-order valence-electron chi connectivity index (χ3n) is 1.93. The van der Waals surface area contributed by atoms with Gasteiger partial charge in [-0.3, -0.25) is 4.79 Å². The van der Waals surface area contributed by atoms with Gasteiger partial charge in [0.25, 0.3) is 0 Å². The molecule has 0 aliphatic carbocycles. The normalized spacial score (nSPS) is 14.2. The lowest BCUT2D eigenvalue weighted by Gasteiger charge is -2.30. The fourth-order valence-electron chi connectivity index (χ4n) is 1.35. The summed E-state index contributed by atoms with van der Waals surface area (Å²) in [5.41, 5.74) is -0.869. The molecule has 1 amide bonds. The molecule has 0 bridgehead atoms. The van der Waals surface area contributed by atoms with Gasteiger partial charge >= 0.3 is 6.09 Å².